The highest BCUT2D eigenvalue weighted by Crippen LogP contribution is 2.44. The van der Waals surface area contributed by atoms with Gasteiger partial charge in [0.1, 0.15) is 17.1 Å². The van der Waals surface area contributed by atoms with Crippen molar-refractivity contribution in [1.82, 2.24) is 20.1 Å². The van der Waals surface area contributed by atoms with Gasteiger partial charge in [0.05, 0.1) is 30.7 Å². The van der Waals surface area contributed by atoms with E-state index >= 15 is 0 Å². The summed E-state index contributed by atoms with van der Waals surface area (Å²) < 4.78 is 46.8. The molecule has 4 rings (SSSR count). The van der Waals surface area contributed by atoms with Crippen LogP contribution >= 0.6 is 0 Å². The van der Waals surface area contributed by atoms with Crippen molar-refractivity contribution in [3.05, 3.63) is 66.0 Å². The average Bonchev–Trinajstić information content (AvgIpc) is 3.35. The molecular formula is C18H16F3N5O2. The molecule has 2 N–H and O–H groups in total. The summed E-state index contributed by atoms with van der Waals surface area (Å²) in [6.07, 6.45) is -0.686. The lowest BCUT2D eigenvalue weighted by atomic mass is 10.0. The van der Waals surface area contributed by atoms with Crippen molar-refractivity contribution in [3.8, 4) is 0 Å². The van der Waals surface area contributed by atoms with Crippen molar-refractivity contribution in [2.24, 2.45) is 0 Å². The topological polar surface area (TPSA) is 85.0 Å². The maximum absolute atomic E-state index is 13.6. The Labute approximate surface area is 157 Å². The van der Waals surface area contributed by atoms with Crippen LogP contribution in [0.1, 0.15) is 40.3 Å². The summed E-state index contributed by atoms with van der Waals surface area (Å²) in [7, 11) is 0. The van der Waals surface area contributed by atoms with Crippen LogP contribution in [0.3, 0.4) is 0 Å². The number of hydrogen-bond donors (Lipinski definition) is 2. The highest BCUT2D eigenvalue weighted by molar-refractivity contribution is 5.98. The molecule has 1 aliphatic rings. The monoisotopic (exact) mass is 391 g/mol. The van der Waals surface area contributed by atoms with Crippen LogP contribution in [0, 0.1) is 0 Å². The Balaban J connectivity index is 1.61. The first-order valence-corrected chi connectivity index (χ1v) is 8.56. The summed E-state index contributed by atoms with van der Waals surface area (Å²) in [5.41, 5.74) is 0.660. The molecule has 28 heavy (non-hydrogen) atoms. The lowest BCUT2D eigenvalue weighted by molar-refractivity contribution is -0.174. The number of nitrogens with one attached hydrogen (secondary N) is 2. The van der Waals surface area contributed by atoms with Crippen LogP contribution in [-0.4, -0.2) is 26.8 Å². The van der Waals surface area contributed by atoms with E-state index in [-0.39, 0.29) is 24.3 Å². The summed E-state index contributed by atoms with van der Waals surface area (Å²) >= 11 is 0. The Morgan fingerprint density at radius 3 is 2.86 bits per heavy atom. The van der Waals surface area contributed by atoms with Gasteiger partial charge in [-0.2, -0.15) is 18.3 Å². The molecule has 10 heteroatoms. The van der Waals surface area contributed by atoms with E-state index in [0.29, 0.717) is 11.5 Å². The fraction of sp³-hybridized carbons (Fsp3) is 0.278. The third-order valence-corrected chi connectivity index (χ3v) is 4.53. The normalized spacial score (nSPS) is 19.0. The molecule has 0 saturated carbocycles. The van der Waals surface area contributed by atoms with Crippen LogP contribution in [0.4, 0.5) is 19.0 Å². The number of carbonyl (C=O) groups is 1. The molecule has 0 aromatic carbocycles. The molecule has 0 spiro atoms. The minimum atomic E-state index is -4.52. The van der Waals surface area contributed by atoms with Crippen LogP contribution in [0.2, 0.25) is 0 Å². The molecule has 0 bridgehead atoms. The van der Waals surface area contributed by atoms with Gasteiger partial charge >= 0.3 is 6.18 Å². The first kappa shape index (κ1) is 18.1. The van der Waals surface area contributed by atoms with Gasteiger partial charge in [0.25, 0.3) is 5.91 Å². The van der Waals surface area contributed by atoms with E-state index in [1.54, 1.807) is 36.5 Å². The predicted molar refractivity (Wildman–Crippen MR) is 92.4 cm³/mol. The van der Waals surface area contributed by atoms with Crippen LogP contribution in [0.5, 0.6) is 0 Å². The molecule has 0 unspecified atom stereocenters. The number of rotatable bonds is 4. The number of anilines is 1. The lowest BCUT2D eigenvalue weighted by Gasteiger charge is -2.32. The largest absolute Gasteiger partial charge is 0.467 e. The average molecular weight is 391 g/mol. The van der Waals surface area contributed by atoms with Crippen molar-refractivity contribution in [2.45, 2.75) is 31.2 Å². The first-order chi connectivity index (χ1) is 13.4. The molecule has 0 radical (unpaired) electrons. The molecule has 1 amide bonds. The number of amides is 1. The lowest BCUT2D eigenvalue weighted by Crippen LogP contribution is -2.36. The smallest absolute Gasteiger partial charge is 0.410 e. The summed E-state index contributed by atoms with van der Waals surface area (Å²) in [6, 6.07) is 5.86. The second-order valence-corrected chi connectivity index (χ2v) is 6.36. The Kier molecular flexibility index (Phi) is 4.54. The van der Waals surface area contributed by atoms with Gasteiger partial charge in [-0.05, 0) is 24.3 Å². The Hall–Kier alpha value is -3.30. The zero-order chi connectivity index (χ0) is 19.7. The molecular weight excluding hydrogens is 375 g/mol. The van der Waals surface area contributed by atoms with E-state index in [2.05, 4.69) is 20.7 Å². The van der Waals surface area contributed by atoms with Gasteiger partial charge in [0.2, 0.25) is 0 Å². The number of halogens is 3. The van der Waals surface area contributed by atoms with Gasteiger partial charge in [0.15, 0.2) is 6.04 Å². The first-order valence-electron chi connectivity index (χ1n) is 8.56. The number of nitrogens with zero attached hydrogens (tertiary/aromatic N) is 3. The molecule has 1 aliphatic heterocycles. The third-order valence-electron chi connectivity index (χ3n) is 4.53. The maximum Gasteiger partial charge on any atom is 0.410 e. The number of hydrogen-bond acceptors (Lipinski definition) is 5. The molecule has 7 nitrogen and oxygen atoms in total. The summed E-state index contributed by atoms with van der Waals surface area (Å²) in [6.45, 7) is 0.147. The van der Waals surface area contributed by atoms with Crippen molar-refractivity contribution >= 4 is 11.7 Å². The summed E-state index contributed by atoms with van der Waals surface area (Å²) in [4.78, 5) is 16.7. The maximum atomic E-state index is 13.6. The second kappa shape index (κ2) is 7.02. The van der Waals surface area contributed by atoms with Crippen molar-refractivity contribution in [1.29, 1.82) is 0 Å². The number of furan rings is 1. The number of alkyl halides is 3. The van der Waals surface area contributed by atoms with Gasteiger partial charge in [-0.25, -0.2) is 4.68 Å². The van der Waals surface area contributed by atoms with Crippen molar-refractivity contribution in [2.75, 3.05) is 5.32 Å². The zero-order valence-electron chi connectivity index (χ0n) is 14.5. The van der Waals surface area contributed by atoms with Crippen molar-refractivity contribution < 1.29 is 22.4 Å². The molecule has 0 aliphatic carbocycles. The molecule has 3 aromatic rings. The molecule has 146 valence electrons. The van der Waals surface area contributed by atoms with E-state index in [1.807, 2.05) is 0 Å². The van der Waals surface area contributed by atoms with Crippen LogP contribution in [0.15, 0.2) is 53.4 Å². The van der Waals surface area contributed by atoms with Gasteiger partial charge in [-0.15, -0.1) is 0 Å². The minimum Gasteiger partial charge on any atom is -0.467 e. The van der Waals surface area contributed by atoms with E-state index in [1.165, 1.54) is 6.26 Å². The summed E-state index contributed by atoms with van der Waals surface area (Å²) in [5, 5.41) is 9.44. The Morgan fingerprint density at radius 2 is 2.18 bits per heavy atom. The van der Waals surface area contributed by atoms with E-state index < -0.39 is 24.2 Å². The summed E-state index contributed by atoms with van der Waals surface area (Å²) in [5.74, 6) is -0.171. The fourth-order valence-corrected chi connectivity index (χ4v) is 3.17. The Bertz CT molecular complexity index is 954. The predicted octanol–water partition coefficient (Wildman–Crippen LogP) is 3.46. The van der Waals surface area contributed by atoms with Crippen molar-refractivity contribution in [3.63, 3.8) is 0 Å². The number of carbonyl (C=O) groups excluding carboxylic acids is 1. The van der Waals surface area contributed by atoms with Gasteiger partial charge in [0, 0.05) is 12.6 Å². The SMILES string of the molecule is O=C(NCc1ccccn1)c1cnn2c1N[C@@H](c1ccco1)C[C@@H]2C(F)(F)F. The molecule has 2 atom stereocenters. The van der Waals surface area contributed by atoms with Gasteiger partial charge < -0.3 is 15.1 Å². The van der Waals surface area contributed by atoms with Gasteiger partial charge in [-0.3, -0.25) is 9.78 Å². The third kappa shape index (κ3) is 3.45. The highest BCUT2D eigenvalue weighted by atomic mass is 19.4. The highest BCUT2D eigenvalue weighted by Gasteiger charge is 2.47. The second-order valence-electron chi connectivity index (χ2n) is 6.36. The Morgan fingerprint density at radius 1 is 1.32 bits per heavy atom. The van der Waals surface area contributed by atoms with E-state index in [4.69, 9.17) is 4.42 Å². The fourth-order valence-electron chi connectivity index (χ4n) is 3.17. The van der Waals surface area contributed by atoms with E-state index in [9.17, 15) is 18.0 Å². The quantitative estimate of drug-likeness (QED) is 0.712. The van der Waals surface area contributed by atoms with Gasteiger partial charge in [-0.1, -0.05) is 6.07 Å². The minimum absolute atomic E-state index is 0.00787. The number of fused-ring (bicyclic) bond motifs is 1. The van der Waals surface area contributed by atoms with Crippen LogP contribution in [0.25, 0.3) is 0 Å². The van der Waals surface area contributed by atoms with E-state index in [0.717, 1.165) is 10.9 Å². The molecule has 0 saturated heterocycles. The zero-order valence-corrected chi connectivity index (χ0v) is 14.5. The molecule has 0 fully saturated rings. The van der Waals surface area contributed by atoms with Crippen LogP contribution < -0.4 is 10.6 Å². The molecule has 4 heterocycles. The number of aromatic nitrogens is 3. The standard InChI is InChI=1S/C18H16F3N5O2/c19-18(20,21)15-8-13(14-5-3-7-28-14)25-16-12(10-24-26(15)16)17(27)23-9-11-4-1-2-6-22-11/h1-7,10,13,15,25H,8-9H2,(H,23,27)/t13-,15-/m1/s1. The molecule has 3 aromatic heterocycles. The number of pyridine rings is 1. The van der Waals surface area contributed by atoms with Crippen LogP contribution in [-0.2, 0) is 6.54 Å².